The number of thiol groups is 1. The van der Waals surface area contributed by atoms with Crippen LogP contribution in [-0.2, 0) is 16.0 Å². The number of rotatable bonds is 5. The first-order valence-electron chi connectivity index (χ1n) is 6.00. The molecule has 2 unspecified atom stereocenters. The monoisotopic (exact) mass is 297 g/mol. The van der Waals surface area contributed by atoms with Gasteiger partial charge in [-0.2, -0.15) is 12.6 Å². The molecule has 0 saturated heterocycles. The highest BCUT2D eigenvalue weighted by Gasteiger charge is 2.30. The zero-order valence-corrected chi connectivity index (χ0v) is 11.9. The van der Waals surface area contributed by atoms with Crippen LogP contribution in [0.25, 0.3) is 0 Å². The number of hydrogen-bond acceptors (Lipinski definition) is 4. The molecule has 0 bridgehead atoms. The highest BCUT2D eigenvalue weighted by atomic mass is 32.2. The molecule has 0 aromatic heterocycles. The Bertz CT molecular complexity index is 468. The van der Waals surface area contributed by atoms with Gasteiger partial charge in [-0.3, -0.25) is 4.79 Å². The molecule has 4 nitrogen and oxygen atoms in total. The Morgan fingerprint density at radius 3 is 2.84 bits per heavy atom. The summed E-state index contributed by atoms with van der Waals surface area (Å²) in [5.41, 5.74) is 1.15. The third-order valence-electron chi connectivity index (χ3n) is 2.97. The van der Waals surface area contributed by atoms with Gasteiger partial charge < -0.3 is 10.4 Å². The van der Waals surface area contributed by atoms with Gasteiger partial charge in [-0.1, -0.05) is 18.2 Å². The standard InChI is InChI=1S/C13H15NO3S2/c15-12(14-9(5-6-18)13(16)17)11-7-8-3-1-2-4-10(8)19-11/h1-4,9,11,18H,5-7H2,(H,14,15)(H,16,17). The summed E-state index contributed by atoms with van der Waals surface area (Å²) in [6.07, 6.45) is 0.981. The topological polar surface area (TPSA) is 66.4 Å². The maximum absolute atomic E-state index is 12.1. The average molecular weight is 297 g/mol. The lowest BCUT2D eigenvalue weighted by atomic mass is 10.1. The summed E-state index contributed by atoms with van der Waals surface area (Å²) in [6, 6.07) is 7.01. The molecule has 19 heavy (non-hydrogen) atoms. The van der Waals surface area contributed by atoms with Crippen LogP contribution in [0.4, 0.5) is 0 Å². The summed E-state index contributed by atoms with van der Waals surface area (Å²) in [7, 11) is 0. The van der Waals surface area contributed by atoms with Crippen molar-refractivity contribution in [1.82, 2.24) is 5.32 Å². The van der Waals surface area contributed by atoms with Crippen LogP contribution in [0.15, 0.2) is 29.2 Å². The zero-order chi connectivity index (χ0) is 13.8. The molecule has 2 atom stereocenters. The summed E-state index contributed by atoms with van der Waals surface area (Å²) < 4.78 is 0. The van der Waals surface area contributed by atoms with E-state index < -0.39 is 12.0 Å². The highest BCUT2D eigenvalue weighted by Crippen LogP contribution is 2.36. The predicted molar refractivity (Wildman–Crippen MR) is 77.8 cm³/mol. The van der Waals surface area contributed by atoms with E-state index in [4.69, 9.17) is 5.11 Å². The SMILES string of the molecule is O=C(O)C(CCS)NC(=O)C1Cc2ccccc2S1. The van der Waals surface area contributed by atoms with Crippen molar-refractivity contribution in [3.8, 4) is 0 Å². The van der Waals surface area contributed by atoms with Crippen LogP contribution in [-0.4, -0.2) is 34.0 Å². The van der Waals surface area contributed by atoms with Gasteiger partial charge in [0.05, 0.1) is 5.25 Å². The fourth-order valence-electron chi connectivity index (χ4n) is 1.98. The lowest BCUT2D eigenvalue weighted by Gasteiger charge is -2.16. The van der Waals surface area contributed by atoms with Crippen molar-refractivity contribution in [2.24, 2.45) is 0 Å². The lowest BCUT2D eigenvalue weighted by Crippen LogP contribution is -2.44. The lowest BCUT2D eigenvalue weighted by molar-refractivity contribution is -0.141. The van der Waals surface area contributed by atoms with Crippen LogP contribution < -0.4 is 5.32 Å². The van der Waals surface area contributed by atoms with Crippen molar-refractivity contribution in [3.05, 3.63) is 29.8 Å². The van der Waals surface area contributed by atoms with Gasteiger partial charge >= 0.3 is 5.97 Å². The number of carbonyl (C=O) groups excluding carboxylic acids is 1. The van der Waals surface area contributed by atoms with E-state index in [0.717, 1.165) is 10.5 Å². The van der Waals surface area contributed by atoms with Gasteiger partial charge in [0, 0.05) is 4.90 Å². The minimum atomic E-state index is -1.01. The number of carboxylic acid groups (broad SMARTS) is 1. The second-order valence-electron chi connectivity index (χ2n) is 4.33. The van der Waals surface area contributed by atoms with E-state index in [1.807, 2.05) is 24.3 Å². The van der Waals surface area contributed by atoms with E-state index in [1.165, 1.54) is 11.8 Å². The van der Waals surface area contributed by atoms with Crippen LogP contribution in [0.5, 0.6) is 0 Å². The first-order chi connectivity index (χ1) is 9.11. The van der Waals surface area contributed by atoms with Crippen LogP contribution in [0.2, 0.25) is 0 Å². The zero-order valence-electron chi connectivity index (χ0n) is 10.2. The summed E-state index contributed by atoms with van der Waals surface area (Å²) in [6.45, 7) is 0. The Balaban J connectivity index is 1.97. The molecule has 0 fully saturated rings. The molecule has 0 radical (unpaired) electrons. The van der Waals surface area contributed by atoms with Crippen LogP contribution >= 0.6 is 24.4 Å². The molecule has 2 rings (SSSR count). The number of carboxylic acids is 1. The Kier molecular flexibility index (Phi) is 4.76. The Labute approximate surface area is 121 Å². The minimum absolute atomic E-state index is 0.213. The first kappa shape index (κ1) is 14.3. The van der Waals surface area contributed by atoms with E-state index >= 15 is 0 Å². The fraction of sp³-hybridized carbons (Fsp3) is 0.385. The first-order valence-corrected chi connectivity index (χ1v) is 7.51. The number of amides is 1. The Morgan fingerprint density at radius 2 is 2.21 bits per heavy atom. The van der Waals surface area contributed by atoms with Crippen molar-refractivity contribution >= 4 is 36.3 Å². The van der Waals surface area contributed by atoms with Crippen molar-refractivity contribution in [1.29, 1.82) is 0 Å². The summed E-state index contributed by atoms with van der Waals surface area (Å²) in [5.74, 6) is -0.798. The van der Waals surface area contributed by atoms with E-state index in [0.29, 0.717) is 18.6 Å². The minimum Gasteiger partial charge on any atom is -0.480 e. The van der Waals surface area contributed by atoms with E-state index in [2.05, 4.69) is 17.9 Å². The summed E-state index contributed by atoms with van der Waals surface area (Å²) in [4.78, 5) is 24.2. The molecule has 1 aromatic carbocycles. The number of fused-ring (bicyclic) bond motifs is 1. The number of thioether (sulfide) groups is 1. The second-order valence-corrected chi connectivity index (χ2v) is 6.02. The molecule has 1 amide bonds. The van der Waals surface area contributed by atoms with Crippen molar-refractivity contribution in [2.75, 3.05) is 5.75 Å². The van der Waals surface area contributed by atoms with Gasteiger partial charge in [0.25, 0.3) is 0 Å². The number of nitrogens with one attached hydrogen (secondary N) is 1. The van der Waals surface area contributed by atoms with E-state index in [-0.39, 0.29) is 11.2 Å². The smallest absolute Gasteiger partial charge is 0.326 e. The van der Waals surface area contributed by atoms with Crippen LogP contribution in [0.3, 0.4) is 0 Å². The molecule has 0 aliphatic carbocycles. The predicted octanol–water partition coefficient (Wildman–Crippen LogP) is 1.59. The van der Waals surface area contributed by atoms with Crippen LogP contribution in [0.1, 0.15) is 12.0 Å². The maximum Gasteiger partial charge on any atom is 0.326 e. The largest absolute Gasteiger partial charge is 0.480 e. The summed E-state index contributed by atoms with van der Waals surface area (Å²) in [5, 5.41) is 11.4. The molecule has 1 aliphatic heterocycles. The molecule has 2 N–H and O–H groups in total. The molecule has 1 aliphatic rings. The van der Waals surface area contributed by atoms with Gasteiger partial charge in [0.15, 0.2) is 0 Å². The quantitative estimate of drug-likeness (QED) is 0.722. The third kappa shape index (κ3) is 3.45. The molecule has 1 aromatic rings. The molecule has 0 spiro atoms. The molecule has 102 valence electrons. The summed E-state index contributed by atoms with van der Waals surface area (Å²) >= 11 is 5.50. The van der Waals surface area contributed by atoms with Gasteiger partial charge in [0.2, 0.25) is 5.91 Å². The average Bonchev–Trinajstić information content (AvgIpc) is 2.81. The molecular formula is C13H15NO3S2. The highest BCUT2D eigenvalue weighted by molar-refractivity contribution is 8.01. The maximum atomic E-state index is 12.1. The number of benzene rings is 1. The molecular weight excluding hydrogens is 282 g/mol. The van der Waals surface area contributed by atoms with E-state index in [1.54, 1.807) is 0 Å². The Morgan fingerprint density at radius 1 is 1.47 bits per heavy atom. The van der Waals surface area contributed by atoms with E-state index in [9.17, 15) is 9.59 Å². The van der Waals surface area contributed by atoms with Crippen molar-refractivity contribution in [3.63, 3.8) is 0 Å². The Hall–Kier alpha value is -1.14. The molecule has 0 saturated carbocycles. The number of carbonyl (C=O) groups is 2. The van der Waals surface area contributed by atoms with Gasteiger partial charge in [-0.25, -0.2) is 4.79 Å². The third-order valence-corrected chi connectivity index (χ3v) is 4.55. The van der Waals surface area contributed by atoms with Gasteiger partial charge in [-0.05, 0) is 30.2 Å². The van der Waals surface area contributed by atoms with Crippen molar-refractivity contribution in [2.45, 2.75) is 29.0 Å². The molecule has 1 heterocycles. The van der Waals surface area contributed by atoms with Crippen LogP contribution in [0, 0.1) is 0 Å². The normalized spacial score (nSPS) is 18.7. The second kappa shape index (κ2) is 6.34. The van der Waals surface area contributed by atoms with Crippen molar-refractivity contribution < 1.29 is 14.7 Å². The number of aliphatic carboxylic acids is 1. The number of hydrogen-bond donors (Lipinski definition) is 3. The van der Waals surface area contributed by atoms with Gasteiger partial charge in [0.1, 0.15) is 6.04 Å². The van der Waals surface area contributed by atoms with Gasteiger partial charge in [-0.15, -0.1) is 11.8 Å². The molecule has 6 heteroatoms. The fourth-order valence-corrected chi connectivity index (χ4v) is 3.44.